The molecule has 0 radical (unpaired) electrons. The van der Waals surface area contributed by atoms with Crippen molar-refractivity contribution in [2.75, 3.05) is 7.11 Å². The monoisotopic (exact) mass is 418 g/mol. The lowest BCUT2D eigenvalue weighted by Gasteiger charge is -2.46. The number of carbonyl (C=O) groups excluding carboxylic acids is 3. The fourth-order valence-electron chi connectivity index (χ4n) is 5.61. The van der Waals surface area contributed by atoms with Crippen LogP contribution in [-0.2, 0) is 28.6 Å². The molecule has 1 aromatic rings. The van der Waals surface area contributed by atoms with E-state index in [0.717, 1.165) is 0 Å². The average Bonchev–Trinajstić information content (AvgIpc) is 3.31. The molecule has 1 saturated heterocycles. The van der Waals surface area contributed by atoms with Crippen molar-refractivity contribution in [3.05, 3.63) is 35.3 Å². The van der Waals surface area contributed by atoms with Crippen LogP contribution in [0.1, 0.15) is 51.7 Å². The summed E-state index contributed by atoms with van der Waals surface area (Å²) < 4.78 is 21.7. The van der Waals surface area contributed by atoms with Gasteiger partial charge in [0.05, 0.1) is 36.9 Å². The maximum Gasteiger partial charge on any atom is 0.315 e. The maximum atomic E-state index is 12.8. The van der Waals surface area contributed by atoms with Crippen LogP contribution in [0.15, 0.2) is 34.2 Å². The highest BCUT2D eigenvalue weighted by molar-refractivity contribution is 5.84. The average molecular weight is 418 g/mol. The molecule has 1 N–H and O–H groups in total. The van der Waals surface area contributed by atoms with Gasteiger partial charge in [0.1, 0.15) is 17.8 Å². The lowest BCUT2D eigenvalue weighted by molar-refractivity contribution is -0.203. The molecule has 0 aromatic carbocycles. The summed E-state index contributed by atoms with van der Waals surface area (Å²) >= 11 is 0. The Bertz CT molecular complexity index is 916. The van der Waals surface area contributed by atoms with Gasteiger partial charge in [-0.1, -0.05) is 0 Å². The van der Waals surface area contributed by atoms with Gasteiger partial charge in [-0.05, 0) is 50.3 Å². The second-order valence-electron chi connectivity index (χ2n) is 8.59. The number of furan rings is 1. The van der Waals surface area contributed by atoms with Gasteiger partial charge in [0, 0.05) is 12.5 Å². The Kier molecular flexibility index (Phi) is 4.80. The van der Waals surface area contributed by atoms with Crippen LogP contribution in [-0.4, -0.2) is 41.8 Å². The summed E-state index contributed by atoms with van der Waals surface area (Å²) in [5.74, 6) is -3.27. The van der Waals surface area contributed by atoms with Gasteiger partial charge in [0.2, 0.25) is 0 Å². The van der Waals surface area contributed by atoms with E-state index in [1.165, 1.54) is 26.6 Å². The minimum Gasteiger partial charge on any atom is -0.472 e. The predicted molar refractivity (Wildman–Crippen MR) is 102 cm³/mol. The minimum atomic E-state index is -1.62. The second kappa shape index (κ2) is 6.97. The zero-order chi connectivity index (χ0) is 21.8. The Morgan fingerprint density at radius 1 is 1.33 bits per heavy atom. The number of esters is 3. The molecule has 6 atom stereocenters. The molecule has 0 spiro atoms. The zero-order valence-corrected chi connectivity index (χ0v) is 17.5. The number of hydrogen-bond acceptors (Lipinski definition) is 8. The number of cyclic esters (lactones) is 1. The second-order valence-corrected chi connectivity index (χ2v) is 8.59. The van der Waals surface area contributed by atoms with Gasteiger partial charge >= 0.3 is 17.9 Å². The minimum absolute atomic E-state index is 0.464. The highest BCUT2D eigenvalue weighted by atomic mass is 16.6. The highest BCUT2D eigenvalue weighted by Crippen LogP contribution is 2.62. The summed E-state index contributed by atoms with van der Waals surface area (Å²) in [4.78, 5) is 37.7. The number of carbonyl (C=O) groups is 3. The first-order chi connectivity index (χ1) is 14.2. The van der Waals surface area contributed by atoms with Crippen molar-refractivity contribution >= 4 is 17.9 Å². The third-order valence-electron chi connectivity index (χ3n) is 7.01. The van der Waals surface area contributed by atoms with Crippen LogP contribution in [0.2, 0.25) is 0 Å². The van der Waals surface area contributed by atoms with Crippen LogP contribution in [0.25, 0.3) is 0 Å². The Hall–Kier alpha value is -2.61. The fraction of sp³-hybridized carbons (Fsp3) is 0.591. The molecule has 2 aliphatic carbocycles. The molecule has 1 fully saturated rings. The quantitative estimate of drug-likeness (QED) is 0.453. The van der Waals surface area contributed by atoms with E-state index in [4.69, 9.17) is 18.6 Å². The van der Waals surface area contributed by atoms with Crippen molar-refractivity contribution in [2.24, 2.45) is 17.3 Å². The normalized spacial score (nSPS) is 37.8. The van der Waals surface area contributed by atoms with Crippen LogP contribution < -0.4 is 0 Å². The number of aliphatic hydroxyl groups is 1. The molecule has 30 heavy (non-hydrogen) atoms. The smallest absolute Gasteiger partial charge is 0.315 e. The Labute approximate surface area is 174 Å². The van der Waals surface area contributed by atoms with Gasteiger partial charge in [0.25, 0.3) is 0 Å². The first kappa shape index (κ1) is 20.7. The van der Waals surface area contributed by atoms with Crippen molar-refractivity contribution in [1.29, 1.82) is 0 Å². The number of fused-ring (bicyclic) bond motifs is 2. The lowest BCUT2D eigenvalue weighted by atomic mass is 9.68. The van der Waals surface area contributed by atoms with Crippen molar-refractivity contribution < 1.29 is 38.1 Å². The summed E-state index contributed by atoms with van der Waals surface area (Å²) in [5.41, 5.74) is -1.05. The summed E-state index contributed by atoms with van der Waals surface area (Å²) in [5, 5.41) is 12.1. The summed E-state index contributed by atoms with van der Waals surface area (Å²) in [6, 6.07) is 1.65. The van der Waals surface area contributed by atoms with Crippen molar-refractivity contribution in [1.82, 2.24) is 0 Å². The van der Waals surface area contributed by atoms with Crippen LogP contribution in [0.4, 0.5) is 0 Å². The molecule has 0 amide bonds. The van der Waals surface area contributed by atoms with Crippen LogP contribution in [0.5, 0.6) is 0 Å². The standard InChI is InChI=1S/C22H26O8/c1-11-19(24)30-17(13-7-9-28-10-13)16-18(29-12(2)23)15-14(22(11,16)26)6-5-8-21(15,3)20(25)27-4/h7,9-11,16-18,26H,5-6,8H2,1-4H3/t11-,16-,17+,18-,21-,22-/m1/s1. The van der Waals surface area contributed by atoms with Gasteiger partial charge in [-0.3, -0.25) is 14.4 Å². The van der Waals surface area contributed by atoms with Gasteiger partial charge < -0.3 is 23.7 Å². The zero-order valence-electron chi connectivity index (χ0n) is 17.5. The molecular formula is C22H26O8. The van der Waals surface area contributed by atoms with Gasteiger partial charge in [-0.15, -0.1) is 0 Å². The third-order valence-corrected chi connectivity index (χ3v) is 7.01. The third kappa shape index (κ3) is 2.66. The van der Waals surface area contributed by atoms with E-state index >= 15 is 0 Å². The number of methoxy groups -OCH3 is 1. The topological polar surface area (TPSA) is 112 Å². The Balaban J connectivity index is 1.96. The molecule has 162 valence electrons. The van der Waals surface area contributed by atoms with Crippen LogP contribution >= 0.6 is 0 Å². The van der Waals surface area contributed by atoms with E-state index in [2.05, 4.69) is 0 Å². The molecule has 2 heterocycles. The number of ether oxygens (including phenoxy) is 3. The molecule has 0 saturated carbocycles. The highest BCUT2D eigenvalue weighted by Gasteiger charge is 2.68. The molecule has 0 bridgehead atoms. The van der Waals surface area contributed by atoms with Crippen LogP contribution in [0.3, 0.4) is 0 Å². The van der Waals surface area contributed by atoms with E-state index in [0.29, 0.717) is 36.0 Å². The van der Waals surface area contributed by atoms with Crippen LogP contribution in [0, 0.1) is 17.3 Å². The van der Waals surface area contributed by atoms with Gasteiger partial charge in [0.15, 0.2) is 0 Å². The Morgan fingerprint density at radius 3 is 2.67 bits per heavy atom. The molecule has 4 rings (SSSR count). The van der Waals surface area contributed by atoms with Crippen molar-refractivity contribution in [2.45, 2.75) is 57.8 Å². The first-order valence-corrected chi connectivity index (χ1v) is 10.1. The summed E-state index contributed by atoms with van der Waals surface area (Å²) in [7, 11) is 1.31. The SMILES string of the molecule is COC(=O)[C@]1(C)CCCC2=C1[C@@H](OC(C)=O)[C@H]1[C@H](c3ccoc3)OC(=O)[C@@H](C)[C@@]21O. The molecule has 8 heteroatoms. The summed E-state index contributed by atoms with van der Waals surface area (Å²) in [6.07, 6.45) is 2.65. The molecular weight excluding hydrogens is 392 g/mol. The molecule has 8 nitrogen and oxygen atoms in total. The van der Waals surface area contributed by atoms with E-state index in [-0.39, 0.29) is 0 Å². The maximum absolute atomic E-state index is 12.8. The molecule has 3 aliphatic rings. The number of hydrogen-bond donors (Lipinski definition) is 1. The Morgan fingerprint density at radius 2 is 2.07 bits per heavy atom. The fourth-order valence-corrected chi connectivity index (χ4v) is 5.61. The van der Waals surface area contributed by atoms with Crippen molar-refractivity contribution in [3.63, 3.8) is 0 Å². The first-order valence-electron chi connectivity index (χ1n) is 10.1. The predicted octanol–water partition coefficient (Wildman–Crippen LogP) is 2.47. The van der Waals surface area contributed by atoms with Crippen molar-refractivity contribution in [3.8, 4) is 0 Å². The van der Waals surface area contributed by atoms with Gasteiger partial charge in [-0.2, -0.15) is 0 Å². The van der Waals surface area contributed by atoms with Gasteiger partial charge in [-0.25, -0.2) is 0 Å². The summed E-state index contributed by atoms with van der Waals surface area (Å²) in [6.45, 7) is 4.62. The van der Waals surface area contributed by atoms with E-state index in [9.17, 15) is 19.5 Å². The lowest BCUT2D eigenvalue weighted by Crippen LogP contribution is -2.56. The van der Waals surface area contributed by atoms with E-state index in [1.54, 1.807) is 19.9 Å². The largest absolute Gasteiger partial charge is 0.472 e. The van der Waals surface area contributed by atoms with E-state index in [1.807, 2.05) is 0 Å². The molecule has 1 aromatic heterocycles. The molecule has 0 unspecified atom stereocenters. The number of rotatable bonds is 3. The molecule has 1 aliphatic heterocycles. The van der Waals surface area contributed by atoms with E-state index < -0.39 is 53.0 Å².